The summed E-state index contributed by atoms with van der Waals surface area (Å²) in [5.74, 6) is -0.520. The highest BCUT2D eigenvalue weighted by molar-refractivity contribution is 6.31. The SMILES string of the molecule is CCC(=O)N(CC(=O)N1CC(=O)N(c2cccc(Cl)c2C)C1)Cc1ccccc1. The minimum Gasteiger partial charge on any atom is -0.329 e. The molecule has 2 aromatic carbocycles. The Morgan fingerprint density at radius 2 is 1.83 bits per heavy atom. The lowest BCUT2D eigenvalue weighted by molar-refractivity contribution is -0.140. The number of hydrogen-bond acceptors (Lipinski definition) is 3. The molecule has 0 spiro atoms. The Bertz CT molecular complexity index is 917. The normalized spacial score (nSPS) is 13.7. The van der Waals surface area contributed by atoms with Crippen LogP contribution in [0.25, 0.3) is 0 Å². The van der Waals surface area contributed by atoms with Gasteiger partial charge in [0.05, 0.1) is 0 Å². The third-order valence-electron chi connectivity index (χ3n) is 5.02. The summed E-state index contributed by atoms with van der Waals surface area (Å²) in [4.78, 5) is 42.3. The van der Waals surface area contributed by atoms with Crippen molar-refractivity contribution in [3.8, 4) is 0 Å². The molecule has 0 saturated carbocycles. The highest BCUT2D eigenvalue weighted by Gasteiger charge is 2.33. The number of amides is 3. The van der Waals surface area contributed by atoms with E-state index < -0.39 is 0 Å². The lowest BCUT2D eigenvalue weighted by Gasteiger charge is -2.25. The number of halogens is 1. The van der Waals surface area contributed by atoms with E-state index in [0.29, 0.717) is 23.7 Å². The largest absolute Gasteiger partial charge is 0.329 e. The van der Waals surface area contributed by atoms with Gasteiger partial charge in [-0.1, -0.05) is 54.9 Å². The zero-order chi connectivity index (χ0) is 21.0. The van der Waals surface area contributed by atoms with Gasteiger partial charge in [-0.05, 0) is 30.2 Å². The molecule has 1 saturated heterocycles. The molecule has 3 rings (SSSR count). The van der Waals surface area contributed by atoms with Gasteiger partial charge in [-0.3, -0.25) is 19.3 Å². The van der Waals surface area contributed by atoms with Gasteiger partial charge in [-0.25, -0.2) is 0 Å². The summed E-state index contributed by atoms with van der Waals surface area (Å²) in [5.41, 5.74) is 2.45. The Morgan fingerprint density at radius 1 is 1.10 bits per heavy atom. The Hall–Kier alpha value is -2.86. The van der Waals surface area contributed by atoms with Crippen molar-refractivity contribution in [3.63, 3.8) is 0 Å². The summed E-state index contributed by atoms with van der Waals surface area (Å²) in [5, 5.41) is 0.572. The van der Waals surface area contributed by atoms with E-state index in [-0.39, 0.29) is 37.5 Å². The molecule has 2 aromatic rings. The molecule has 29 heavy (non-hydrogen) atoms. The van der Waals surface area contributed by atoms with E-state index >= 15 is 0 Å². The first kappa shape index (κ1) is 20.9. The second-order valence-electron chi connectivity index (χ2n) is 7.03. The summed E-state index contributed by atoms with van der Waals surface area (Å²) >= 11 is 6.17. The molecule has 3 amide bonds. The van der Waals surface area contributed by atoms with Crippen LogP contribution in [0.1, 0.15) is 24.5 Å². The smallest absolute Gasteiger partial charge is 0.248 e. The van der Waals surface area contributed by atoms with Gasteiger partial charge >= 0.3 is 0 Å². The Balaban J connectivity index is 1.71. The molecule has 0 aliphatic carbocycles. The number of carbonyl (C=O) groups is 3. The topological polar surface area (TPSA) is 60.9 Å². The van der Waals surface area contributed by atoms with E-state index in [1.54, 1.807) is 24.0 Å². The molecule has 0 unspecified atom stereocenters. The van der Waals surface area contributed by atoms with Gasteiger partial charge in [0.1, 0.15) is 19.8 Å². The molecule has 6 nitrogen and oxygen atoms in total. The molecule has 0 bridgehead atoms. The first-order chi connectivity index (χ1) is 13.9. The first-order valence-electron chi connectivity index (χ1n) is 9.55. The second-order valence-corrected chi connectivity index (χ2v) is 7.43. The van der Waals surface area contributed by atoms with Crippen LogP contribution in [0.15, 0.2) is 48.5 Å². The van der Waals surface area contributed by atoms with Crippen LogP contribution in [0.2, 0.25) is 5.02 Å². The van der Waals surface area contributed by atoms with Gasteiger partial charge in [0.2, 0.25) is 17.7 Å². The summed E-state index contributed by atoms with van der Waals surface area (Å²) < 4.78 is 0. The average Bonchev–Trinajstić information content (AvgIpc) is 3.11. The maximum atomic E-state index is 12.9. The molecule has 7 heteroatoms. The number of hydrogen-bond donors (Lipinski definition) is 0. The Morgan fingerprint density at radius 3 is 2.52 bits per heavy atom. The van der Waals surface area contributed by atoms with E-state index in [9.17, 15) is 14.4 Å². The summed E-state index contributed by atoms with van der Waals surface area (Å²) in [6.45, 7) is 4.06. The van der Waals surface area contributed by atoms with Crippen molar-refractivity contribution in [1.82, 2.24) is 9.80 Å². The fourth-order valence-electron chi connectivity index (χ4n) is 3.34. The molecule has 0 N–H and O–H groups in total. The van der Waals surface area contributed by atoms with Gasteiger partial charge in [-0.15, -0.1) is 0 Å². The minimum atomic E-state index is -0.252. The molecular formula is C22H24ClN3O3. The molecule has 1 heterocycles. The molecule has 152 valence electrons. The fraction of sp³-hybridized carbons (Fsp3) is 0.318. The van der Waals surface area contributed by atoms with Crippen LogP contribution < -0.4 is 4.90 Å². The monoisotopic (exact) mass is 413 g/mol. The van der Waals surface area contributed by atoms with E-state index in [0.717, 1.165) is 11.1 Å². The zero-order valence-corrected chi connectivity index (χ0v) is 17.4. The lowest BCUT2D eigenvalue weighted by atomic mass is 10.2. The van der Waals surface area contributed by atoms with E-state index in [1.165, 1.54) is 9.80 Å². The van der Waals surface area contributed by atoms with Crippen LogP contribution in [0, 0.1) is 6.92 Å². The van der Waals surface area contributed by atoms with E-state index in [1.807, 2.05) is 43.3 Å². The van der Waals surface area contributed by atoms with Crippen LogP contribution in [0.3, 0.4) is 0 Å². The third-order valence-corrected chi connectivity index (χ3v) is 5.43. The van der Waals surface area contributed by atoms with Crippen molar-refractivity contribution in [2.45, 2.75) is 26.8 Å². The molecule has 0 aromatic heterocycles. The molecule has 1 aliphatic heterocycles. The maximum absolute atomic E-state index is 12.9. The van der Waals surface area contributed by atoms with Crippen LogP contribution in [0.5, 0.6) is 0 Å². The Kier molecular flexibility index (Phi) is 6.54. The van der Waals surface area contributed by atoms with Gasteiger partial charge in [0.15, 0.2) is 0 Å². The van der Waals surface area contributed by atoms with Crippen LogP contribution >= 0.6 is 11.6 Å². The average molecular weight is 414 g/mol. The molecule has 0 radical (unpaired) electrons. The highest BCUT2D eigenvalue weighted by Crippen LogP contribution is 2.28. The van der Waals surface area contributed by atoms with Crippen molar-refractivity contribution in [2.75, 3.05) is 24.7 Å². The van der Waals surface area contributed by atoms with Crippen LogP contribution in [0.4, 0.5) is 5.69 Å². The number of carbonyl (C=O) groups excluding carboxylic acids is 3. The minimum absolute atomic E-state index is 0.00964. The van der Waals surface area contributed by atoms with Crippen LogP contribution in [-0.2, 0) is 20.9 Å². The molecule has 1 fully saturated rings. The van der Waals surface area contributed by atoms with Crippen LogP contribution in [-0.4, -0.2) is 47.3 Å². The van der Waals surface area contributed by atoms with Gasteiger partial charge in [-0.2, -0.15) is 0 Å². The third kappa shape index (κ3) is 4.77. The van der Waals surface area contributed by atoms with Crippen molar-refractivity contribution < 1.29 is 14.4 Å². The van der Waals surface area contributed by atoms with E-state index in [2.05, 4.69) is 0 Å². The lowest BCUT2D eigenvalue weighted by Crippen LogP contribution is -2.42. The summed E-state index contributed by atoms with van der Waals surface area (Å²) in [6.07, 6.45) is 0.312. The fourth-order valence-corrected chi connectivity index (χ4v) is 3.51. The molecular weight excluding hydrogens is 390 g/mol. The summed E-state index contributed by atoms with van der Waals surface area (Å²) in [6, 6.07) is 14.9. The Labute approximate surface area is 175 Å². The summed E-state index contributed by atoms with van der Waals surface area (Å²) in [7, 11) is 0. The maximum Gasteiger partial charge on any atom is 0.248 e. The number of rotatable bonds is 6. The highest BCUT2D eigenvalue weighted by atomic mass is 35.5. The molecule has 0 atom stereocenters. The predicted octanol–water partition coefficient (Wildman–Crippen LogP) is 3.22. The zero-order valence-electron chi connectivity index (χ0n) is 16.6. The standard InChI is InChI=1S/C22H24ClN3O3/c1-3-20(27)24(12-17-8-5-4-6-9-17)13-21(28)25-14-22(29)26(15-25)19-11-7-10-18(23)16(19)2/h4-11H,3,12-15H2,1-2H3. The number of anilines is 1. The predicted molar refractivity (Wildman–Crippen MR) is 112 cm³/mol. The van der Waals surface area contributed by atoms with Crippen molar-refractivity contribution >= 4 is 35.0 Å². The first-order valence-corrected chi connectivity index (χ1v) is 9.93. The second kappa shape index (κ2) is 9.09. The number of benzene rings is 2. The van der Waals surface area contributed by atoms with Crippen molar-refractivity contribution in [3.05, 3.63) is 64.7 Å². The van der Waals surface area contributed by atoms with E-state index in [4.69, 9.17) is 11.6 Å². The molecule has 1 aliphatic rings. The van der Waals surface area contributed by atoms with Crippen molar-refractivity contribution in [1.29, 1.82) is 0 Å². The number of nitrogens with zero attached hydrogens (tertiary/aromatic N) is 3. The van der Waals surface area contributed by atoms with Gasteiger partial charge < -0.3 is 9.80 Å². The van der Waals surface area contributed by atoms with Gasteiger partial charge in [0, 0.05) is 23.7 Å². The quantitative estimate of drug-likeness (QED) is 0.730. The van der Waals surface area contributed by atoms with Crippen molar-refractivity contribution in [2.24, 2.45) is 0 Å². The van der Waals surface area contributed by atoms with Gasteiger partial charge in [0.25, 0.3) is 0 Å².